The highest BCUT2D eigenvalue weighted by atomic mass is 19.4. The highest BCUT2D eigenvalue weighted by Crippen LogP contribution is 2.38. The summed E-state index contributed by atoms with van der Waals surface area (Å²) in [5, 5.41) is 18.2. The van der Waals surface area contributed by atoms with Crippen LogP contribution in [0.4, 0.5) is 57.1 Å². The van der Waals surface area contributed by atoms with E-state index in [1.54, 1.807) is 70.8 Å². The van der Waals surface area contributed by atoms with Gasteiger partial charge in [0.1, 0.15) is 29.3 Å². The number of nitrogens with zero attached hydrogens (tertiary/aromatic N) is 7. The van der Waals surface area contributed by atoms with Crippen LogP contribution in [0, 0.1) is 106 Å². The van der Waals surface area contributed by atoms with Crippen LogP contribution in [0.1, 0.15) is 263 Å². The number of carboxylic acid groups (broad SMARTS) is 1. The molecule has 0 bridgehead atoms. The molecule has 2 aromatic rings. The lowest BCUT2D eigenvalue weighted by molar-refractivity contribution is -0.190. The summed E-state index contributed by atoms with van der Waals surface area (Å²) in [5.74, 6) is -36.6. The van der Waals surface area contributed by atoms with E-state index in [0.29, 0.717) is 12.8 Å². The molecule has 0 spiro atoms. The SMILES string of the molecule is CC[C@H](C)[C@@H]([C@@H](CC(=O)O)OC)N(C)C(=O)[C@@H](NC(=O)[C@@]1(C)CCCN1C)C(C)C.CC[C@H](C)[C@@H]([C@@H](CC(=O)OC(C)(C)C)OC)N(C)C(=O)[C@@H](N)C(C)C.CC[C@H](C)[C@@H]([C@@H](CC(=O)OC(C)(C)C)OC)N(C)C(=O)[C@@H](NC(=O)[C@@]1(C)CCCN1C)C(C)C.CC[C@H](C)[C@@H]([C@@H](CC(=O)Oc1c(F)c(F)c(F)c(F)c1F)OC)N(C)C(=O)[C@@H](NC(=O)[C@@]1(C)CCCN1C)C(C)C.O=C(Oc1c(F)c(F)c(F)c(F)c1F)C(F)(F)F. The number of carbonyl (C=O) groups excluding carboxylic acids is 11. The van der Waals surface area contributed by atoms with E-state index in [9.17, 15) is 120 Å². The maximum Gasteiger partial charge on any atom is 0.491 e. The van der Waals surface area contributed by atoms with E-state index in [1.165, 1.54) is 26.2 Å². The number of rotatable bonds is 44. The molecule has 3 saturated heterocycles. The van der Waals surface area contributed by atoms with Gasteiger partial charge in [-0.1, -0.05) is 136 Å². The molecule has 0 radical (unpaired) electrons. The summed E-state index contributed by atoms with van der Waals surface area (Å²) in [6.45, 7) is 50.0. The van der Waals surface area contributed by atoms with Crippen LogP contribution in [0.3, 0.4) is 0 Å². The van der Waals surface area contributed by atoms with Gasteiger partial charge in [0.2, 0.25) is 111 Å². The molecule has 2 aromatic carbocycles. The van der Waals surface area contributed by atoms with Crippen molar-refractivity contribution in [3.8, 4) is 11.5 Å². The number of nitrogens with two attached hydrogens (primary N) is 1. The molecule has 3 fully saturated rings. The summed E-state index contributed by atoms with van der Waals surface area (Å²) in [6, 6.07) is -4.65. The van der Waals surface area contributed by atoms with Crippen molar-refractivity contribution in [2.24, 2.45) is 53.1 Å². The van der Waals surface area contributed by atoms with Gasteiger partial charge in [-0.25, -0.2) is 31.1 Å². The van der Waals surface area contributed by atoms with E-state index in [-0.39, 0.29) is 126 Å². The molecule has 7 amide bonds. The molecule has 148 heavy (non-hydrogen) atoms. The Balaban J connectivity index is 0.000000946. The van der Waals surface area contributed by atoms with Crippen molar-refractivity contribution < 1.29 is 158 Å². The molecule has 0 aromatic heterocycles. The zero-order chi connectivity index (χ0) is 115. The molecule has 6 N–H and O–H groups in total. The minimum Gasteiger partial charge on any atom is -0.481 e. The lowest BCUT2D eigenvalue weighted by Gasteiger charge is -2.40. The van der Waals surface area contributed by atoms with Crippen LogP contribution in [0.15, 0.2) is 0 Å². The van der Waals surface area contributed by atoms with Crippen molar-refractivity contribution in [3.05, 3.63) is 58.2 Å². The number of hydrogen-bond donors (Lipinski definition) is 5. The van der Waals surface area contributed by atoms with Gasteiger partial charge in [-0.2, -0.15) is 30.7 Å². The monoisotopic (exact) mass is 2140 g/mol. The fourth-order valence-corrected chi connectivity index (χ4v) is 17.8. The van der Waals surface area contributed by atoms with Gasteiger partial charge in [-0.05, 0) is 189 Å². The summed E-state index contributed by atoms with van der Waals surface area (Å²) < 4.78 is 208. The Morgan fingerprint density at radius 3 is 0.791 bits per heavy atom. The second-order valence-corrected chi connectivity index (χ2v) is 42.7. The minimum atomic E-state index is -5.65. The number of hydrogen-bond acceptors (Lipinski definition) is 24. The number of ether oxygens (including phenoxy) is 8. The van der Waals surface area contributed by atoms with Gasteiger partial charge in [0, 0.05) is 56.6 Å². The van der Waals surface area contributed by atoms with Crippen LogP contribution < -0.4 is 31.2 Å². The number of likely N-dealkylation sites (tertiary alicyclic amines) is 3. The second kappa shape index (κ2) is 59.8. The molecular formula is C103H168F13N11O21. The van der Waals surface area contributed by atoms with Crippen LogP contribution in [0.25, 0.3) is 0 Å². The molecule has 32 nitrogen and oxygen atoms in total. The average Bonchev–Trinajstić information content (AvgIpc) is 1.25. The van der Waals surface area contributed by atoms with Crippen molar-refractivity contribution in [1.82, 2.24) is 50.2 Å². The molecule has 0 unspecified atom stereocenters. The first kappa shape index (κ1) is 137. The molecule has 5 rings (SSSR count). The summed E-state index contributed by atoms with van der Waals surface area (Å²) >= 11 is 0. The fourth-order valence-electron chi connectivity index (χ4n) is 17.8. The Labute approximate surface area is 865 Å². The first-order valence-electron chi connectivity index (χ1n) is 50.1. The maximum absolute atomic E-state index is 14.1. The Morgan fingerprint density at radius 1 is 0.372 bits per heavy atom. The highest BCUT2D eigenvalue weighted by molar-refractivity contribution is 5.94. The number of halogens is 13. The van der Waals surface area contributed by atoms with Gasteiger partial charge in [-0.3, -0.25) is 67.4 Å². The quantitative estimate of drug-likeness (QED) is 0.0135. The molecule has 0 aliphatic carbocycles. The topological polar surface area (TPSA) is 384 Å². The lowest BCUT2D eigenvalue weighted by Crippen LogP contribution is -2.61. The predicted octanol–water partition coefficient (Wildman–Crippen LogP) is 14.8. The molecule has 852 valence electrons. The normalized spacial score (nSPS) is 19.9. The third kappa shape index (κ3) is 37.4. The highest BCUT2D eigenvalue weighted by Gasteiger charge is 2.51. The Kier molecular flexibility index (Phi) is 55.3. The largest absolute Gasteiger partial charge is 0.491 e. The lowest BCUT2D eigenvalue weighted by atomic mass is 9.89. The zero-order valence-electron chi connectivity index (χ0n) is 93.3. The average molecular weight is 2140 g/mol. The molecule has 0 saturated carbocycles. The third-order valence-corrected chi connectivity index (χ3v) is 28.3. The van der Waals surface area contributed by atoms with E-state index in [0.717, 1.165) is 71.0 Å². The first-order valence-corrected chi connectivity index (χ1v) is 50.1. The molecule has 19 atom stereocenters. The minimum absolute atomic E-state index is 0.0326. The summed E-state index contributed by atoms with van der Waals surface area (Å²) in [6.07, 6.45) is -1.23. The Morgan fingerprint density at radius 2 is 0.595 bits per heavy atom. The van der Waals surface area contributed by atoms with Crippen molar-refractivity contribution in [2.75, 3.05) is 97.4 Å². The smallest absolute Gasteiger partial charge is 0.481 e. The number of esters is 4. The molecule has 3 aliphatic heterocycles. The Bertz CT molecular complexity index is 4650. The number of alkyl halides is 3. The van der Waals surface area contributed by atoms with Crippen LogP contribution >= 0.6 is 0 Å². The van der Waals surface area contributed by atoms with Crippen LogP contribution in [0.5, 0.6) is 11.5 Å². The van der Waals surface area contributed by atoms with E-state index in [2.05, 4.69) is 51.1 Å². The molecule has 3 aliphatic rings. The van der Waals surface area contributed by atoms with Gasteiger partial charge in [0.25, 0.3) is 0 Å². The van der Waals surface area contributed by atoms with Crippen LogP contribution in [0.2, 0.25) is 0 Å². The van der Waals surface area contributed by atoms with Crippen molar-refractivity contribution in [2.45, 2.75) is 370 Å². The van der Waals surface area contributed by atoms with Gasteiger partial charge >= 0.3 is 36.0 Å². The third-order valence-electron chi connectivity index (χ3n) is 28.3. The van der Waals surface area contributed by atoms with E-state index in [1.807, 2.05) is 162 Å². The fraction of sp³-hybridized carbons (Fsp3) is 0.767. The number of methoxy groups -OCH3 is 4. The second-order valence-electron chi connectivity index (χ2n) is 42.7. The standard InChI is InChI=1S/C28H40F5N3O5.C26H49N3O5.C22H41N3O5.C19H38N2O4.C8F8O2/c1-9-15(4)24(16(40-8)13-17(37)41-25-21(32)19(30)18(29)20(31)22(25)33)36(7)26(38)23(14(2)3)34-27(39)28(5)11-10-12-35(28)6;1-12-18(4)22(19(33-11)16-20(30)34-25(5,6)7)29(10)23(31)21(17(2)3)27-24(32)26(8)14-13-15-28(26)9;1-9-15(4)19(16(30-8)13-17(26)27)25(7)20(28)18(14(2)3)23-21(29)22(5)11-10-12-24(22)6;1-10-13(4)17(21(8)18(23)16(20)12(2)3)14(24-9)11-15(22)25-19(5,6)7;9-1-2(10)4(12)6(5(13)3(1)11)18-7(17)8(14,15)16/h14-16,23-24H,9-13H2,1-8H3,(H,34,39);17-19,21-22H,12-16H2,1-11H3,(H,27,32);14-16,18-19H,9-13H2,1-8H3,(H,23,29)(H,26,27);12-14,16-17H,10-11,20H2,1-9H3;/t15-,16+,23-,24-,28+;18-,19+,21-,22-,26+;15-,16+,18-,19-,22+;13-,14+,16-,17-;/m0000./s1. The number of aliphatic carboxylic acids is 1. The van der Waals surface area contributed by atoms with Gasteiger partial charge in [0.15, 0.2) is 0 Å². The van der Waals surface area contributed by atoms with E-state index in [4.69, 9.17) is 34.2 Å². The molecule has 3 heterocycles. The van der Waals surface area contributed by atoms with Crippen molar-refractivity contribution >= 4 is 71.2 Å². The van der Waals surface area contributed by atoms with Gasteiger partial charge in [-0.15, -0.1) is 0 Å². The number of likely N-dealkylation sites (N-methyl/N-ethyl adjacent to an activating group) is 7. The number of amides is 7. The first-order chi connectivity index (χ1) is 67.9. The zero-order valence-corrected chi connectivity index (χ0v) is 93.3. The number of nitrogens with one attached hydrogen (secondary N) is 3. The predicted molar refractivity (Wildman–Crippen MR) is 529 cm³/mol. The summed E-state index contributed by atoms with van der Waals surface area (Å²) in [5.41, 5.74) is 2.88. The number of carbonyl (C=O) groups is 12. The summed E-state index contributed by atoms with van der Waals surface area (Å²) in [4.78, 5) is 165. The van der Waals surface area contributed by atoms with E-state index < -0.39 is 195 Å². The van der Waals surface area contributed by atoms with Crippen molar-refractivity contribution in [1.29, 1.82) is 0 Å². The number of benzene rings is 2. The van der Waals surface area contributed by atoms with Gasteiger partial charge in [0.05, 0.1) is 96.9 Å². The molecule has 45 heteroatoms. The Hall–Kier alpha value is -9.15. The summed E-state index contributed by atoms with van der Waals surface area (Å²) in [7, 11) is 18.2. The van der Waals surface area contributed by atoms with Crippen LogP contribution in [-0.4, -0.2) is 315 Å². The van der Waals surface area contributed by atoms with Crippen LogP contribution in [-0.2, 0) is 86.0 Å². The maximum atomic E-state index is 14.1. The van der Waals surface area contributed by atoms with Gasteiger partial charge < -0.3 is 84.3 Å². The number of carboxylic acids is 1. The van der Waals surface area contributed by atoms with E-state index >= 15 is 0 Å². The molecular weight excluding hydrogens is 1970 g/mol. The van der Waals surface area contributed by atoms with Crippen molar-refractivity contribution in [3.63, 3.8) is 0 Å².